The van der Waals surface area contributed by atoms with E-state index in [-0.39, 0.29) is 11.8 Å². The molecule has 0 aliphatic carbocycles. The number of anilines is 1. The van der Waals surface area contributed by atoms with Crippen molar-refractivity contribution in [2.24, 2.45) is 0 Å². The summed E-state index contributed by atoms with van der Waals surface area (Å²) in [5.74, 6) is 0.285. The first-order valence-electron chi connectivity index (χ1n) is 6.86. The fraction of sp³-hybridized carbons (Fsp3) is 0.118. The summed E-state index contributed by atoms with van der Waals surface area (Å²) in [5.41, 5.74) is 3.23. The second-order valence-electron chi connectivity index (χ2n) is 4.98. The summed E-state index contributed by atoms with van der Waals surface area (Å²) in [7, 11) is 0. The van der Waals surface area contributed by atoms with Gasteiger partial charge in [-0.15, -0.1) is 0 Å². The maximum atomic E-state index is 9.34. The van der Waals surface area contributed by atoms with Gasteiger partial charge in [0, 0.05) is 29.8 Å². The first-order chi connectivity index (χ1) is 10.2. The molecule has 2 N–H and O–H groups in total. The minimum atomic E-state index is 0.156. The van der Waals surface area contributed by atoms with E-state index < -0.39 is 0 Å². The number of nitrogens with zero attached hydrogens (tertiary/aromatic N) is 2. The fourth-order valence-electron chi connectivity index (χ4n) is 2.26. The highest BCUT2D eigenvalue weighted by molar-refractivity contribution is 5.52. The maximum absolute atomic E-state index is 9.34. The van der Waals surface area contributed by atoms with E-state index in [0.29, 0.717) is 0 Å². The number of imidazole rings is 1. The lowest BCUT2D eigenvalue weighted by Gasteiger charge is -2.16. The van der Waals surface area contributed by atoms with Gasteiger partial charge in [0.15, 0.2) is 0 Å². The Morgan fingerprint density at radius 2 is 1.95 bits per heavy atom. The summed E-state index contributed by atoms with van der Waals surface area (Å²) in [5, 5.41) is 12.8. The Morgan fingerprint density at radius 3 is 2.67 bits per heavy atom. The average molecular weight is 279 g/mol. The highest BCUT2D eigenvalue weighted by Gasteiger charge is 2.06. The van der Waals surface area contributed by atoms with Crippen LogP contribution in [0.5, 0.6) is 5.75 Å². The Hall–Kier alpha value is -2.75. The smallest absolute Gasteiger partial charge is 0.115 e. The van der Waals surface area contributed by atoms with Crippen LogP contribution in [-0.2, 0) is 0 Å². The van der Waals surface area contributed by atoms with Crippen LogP contribution in [0.3, 0.4) is 0 Å². The number of hydrogen-bond donors (Lipinski definition) is 2. The molecule has 1 aromatic heterocycles. The molecule has 0 saturated carbocycles. The standard InChI is InChI=1S/C17H17N3O/c1-13(14-5-7-17(21)8-6-14)19-15-3-2-4-16(11-15)20-10-9-18-12-20/h2-13,19,21H,1H3. The minimum Gasteiger partial charge on any atom is -0.508 e. The SMILES string of the molecule is CC(Nc1cccc(-n2ccnc2)c1)c1ccc(O)cc1. The van der Waals surface area contributed by atoms with Crippen molar-refractivity contribution in [2.75, 3.05) is 5.32 Å². The molecule has 1 atom stereocenters. The van der Waals surface area contributed by atoms with Gasteiger partial charge < -0.3 is 15.0 Å². The first-order valence-corrected chi connectivity index (χ1v) is 6.86. The van der Waals surface area contributed by atoms with Gasteiger partial charge in [-0.2, -0.15) is 0 Å². The van der Waals surface area contributed by atoms with Gasteiger partial charge in [-0.05, 0) is 42.8 Å². The monoisotopic (exact) mass is 279 g/mol. The molecule has 1 unspecified atom stereocenters. The van der Waals surface area contributed by atoms with Crippen molar-refractivity contribution in [3.63, 3.8) is 0 Å². The van der Waals surface area contributed by atoms with Gasteiger partial charge in [-0.25, -0.2) is 4.98 Å². The lowest BCUT2D eigenvalue weighted by atomic mass is 10.1. The van der Waals surface area contributed by atoms with Crippen LogP contribution in [0, 0.1) is 0 Å². The summed E-state index contributed by atoms with van der Waals surface area (Å²) in [4.78, 5) is 4.06. The third kappa shape index (κ3) is 3.05. The number of hydrogen-bond acceptors (Lipinski definition) is 3. The summed E-state index contributed by atoms with van der Waals surface area (Å²) < 4.78 is 1.97. The van der Waals surface area contributed by atoms with E-state index in [2.05, 4.69) is 23.3 Å². The molecule has 1 heterocycles. The van der Waals surface area contributed by atoms with E-state index in [9.17, 15) is 5.11 Å². The van der Waals surface area contributed by atoms with Gasteiger partial charge in [-0.1, -0.05) is 18.2 Å². The summed E-state index contributed by atoms with van der Waals surface area (Å²) in [6.07, 6.45) is 5.46. The molecule has 0 aliphatic heterocycles. The summed E-state index contributed by atoms with van der Waals surface area (Å²) >= 11 is 0. The zero-order valence-corrected chi connectivity index (χ0v) is 11.8. The molecule has 3 rings (SSSR count). The van der Waals surface area contributed by atoms with Crippen LogP contribution in [0.25, 0.3) is 5.69 Å². The van der Waals surface area contributed by atoms with Gasteiger partial charge in [0.2, 0.25) is 0 Å². The molecule has 3 aromatic rings. The predicted octanol–water partition coefficient (Wildman–Crippen LogP) is 3.75. The van der Waals surface area contributed by atoms with Gasteiger partial charge in [0.05, 0.1) is 6.33 Å². The molecule has 21 heavy (non-hydrogen) atoms. The lowest BCUT2D eigenvalue weighted by molar-refractivity contribution is 0.475. The van der Waals surface area contributed by atoms with Crippen molar-refractivity contribution in [1.29, 1.82) is 0 Å². The van der Waals surface area contributed by atoms with E-state index in [4.69, 9.17) is 0 Å². The van der Waals surface area contributed by atoms with Crippen LogP contribution in [0.4, 0.5) is 5.69 Å². The lowest BCUT2D eigenvalue weighted by Crippen LogP contribution is -2.06. The normalized spacial score (nSPS) is 12.0. The van der Waals surface area contributed by atoms with E-state index in [1.807, 2.05) is 41.1 Å². The number of aromatic hydroxyl groups is 1. The first kappa shape index (κ1) is 13.2. The molecule has 0 amide bonds. The fourth-order valence-corrected chi connectivity index (χ4v) is 2.26. The zero-order chi connectivity index (χ0) is 14.7. The van der Waals surface area contributed by atoms with Crippen LogP contribution >= 0.6 is 0 Å². The van der Waals surface area contributed by atoms with Gasteiger partial charge in [0.25, 0.3) is 0 Å². The van der Waals surface area contributed by atoms with Crippen molar-refractivity contribution in [3.8, 4) is 11.4 Å². The molecular weight excluding hydrogens is 262 g/mol. The molecule has 106 valence electrons. The van der Waals surface area contributed by atoms with Crippen molar-refractivity contribution < 1.29 is 5.11 Å². The Morgan fingerprint density at radius 1 is 1.14 bits per heavy atom. The topological polar surface area (TPSA) is 50.1 Å². The van der Waals surface area contributed by atoms with Crippen LogP contribution < -0.4 is 5.32 Å². The van der Waals surface area contributed by atoms with E-state index in [0.717, 1.165) is 16.9 Å². The molecule has 0 fully saturated rings. The number of aromatic nitrogens is 2. The summed E-state index contributed by atoms with van der Waals surface area (Å²) in [6.45, 7) is 2.09. The Labute approximate surface area is 123 Å². The molecule has 4 heteroatoms. The van der Waals surface area contributed by atoms with Gasteiger partial charge >= 0.3 is 0 Å². The highest BCUT2D eigenvalue weighted by Crippen LogP contribution is 2.22. The number of phenolic OH excluding ortho intramolecular Hbond substituents is 1. The second kappa shape index (κ2) is 5.71. The van der Waals surface area contributed by atoms with Crippen LogP contribution in [0.15, 0.2) is 67.3 Å². The molecule has 2 aromatic carbocycles. The Bertz CT molecular complexity index is 705. The molecule has 0 radical (unpaired) electrons. The van der Waals surface area contributed by atoms with E-state index >= 15 is 0 Å². The van der Waals surface area contributed by atoms with Crippen LogP contribution in [-0.4, -0.2) is 14.7 Å². The second-order valence-corrected chi connectivity index (χ2v) is 4.98. The quantitative estimate of drug-likeness (QED) is 0.764. The van der Waals surface area contributed by atoms with Crippen LogP contribution in [0.1, 0.15) is 18.5 Å². The predicted molar refractivity (Wildman–Crippen MR) is 83.7 cm³/mol. The number of nitrogens with one attached hydrogen (secondary N) is 1. The van der Waals surface area contributed by atoms with Gasteiger partial charge in [-0.3, -0.25) is 0 Å². The number of rotatable bonds is 4. The van der Waals surface area contributed by atoms with Crippen LogP contribution in [0.2, 0.25) is 0 Å². The van der Waals surface area contributed by atoms with E-state index in [1.54, 1.807) is 24.7 Å². The largest absolute Gasteiger partial charge is 0.508 e. The molecule has 0 saturated heterocycles. The minimum absolute atomic E-state index is 0.156. The Kier molecular flexibility index (Phi) is 3.60. The number of phenols is 1. The third-order valence-electron chi connectivity index (χ3n) is 3.42. The average Bonchev–Trinajstić information content (AvgIpc) is 3.02. The Balaban J connectivity index is 1.78. The molecule has 0 spiro atoms. The third-order valence-corrected chi connectivity index (χ3v) is 3.42. The van der Waals surface area contributed by atoms with Crippen molar-refractivity contribution >= 4 is 5.69 Å². The molecule has 0 aliphatic rings. The van der Waals surface area contributed by atoms with Crippen molar-refractivity contribution in [3.05, 3.63) is 72.8 Å². The maximum Gasteiger partial charge on any atom is 0.115 e. The zero-order valence-electron chi connectivity index (χ0n) is 11.8. The molecule has 0 bridgehead atoms. The number of benzene rings is 2. The van der Waals surface area contributed by atoms with Crippen molar-refractivity contribution in [1.82, 2.24) is 9.55 Å². The van der Waals surface area contributed by atoms with E-state index in [1.165, 1.54) is 0 Å². The van der Waals surface area contributed by atoms with Crippen molar-refractivity contribution in [2.45, 2.75) is 13.0 Å². The summed E-state index contributed by atoms with van der Waals surface area (Å²) in [6, 6.07) is 15.6. The van der Waals surface area contributed by atoms with Gasteiger partial charge in [0.1, 0.15) is 5.75 Å². The highest BCUT2D eigenvalue weighted by atomic mass is 16.3. The molecular formula is C17H17N3O. The molecule has 4 nitrogen and oxygen atoms in total.